The molecule has 0 aromatic heterocycles. The Kier molecular flexibility index (Phi) is 12.9. The van der Waals surface area contributed by atoms with Crippen LogP contribution >= 0.6 is 0 Å². The number of rotatable bonds is 3. The summed E-state index contributed by atoms with van der Waals surface area (Å²) in [7, 11) is 0. The van der Waals surface area contributed by atoms with E-state index in [2.05, 4.69) is 21.3 Å². The third-order valence-electron chi connectivity index (χ3n) is 4.64. The lowest BCUT2D eigenvalue weighted by atomic mass is 10.1. The zero-order valence-corrected chi connectivity index (χ0v) is 19.7. The lowest BCUT2D eigenvalue weighted by Gasteiger charge is -2.25. The molecular weight excluding hydrogens is 472 g/mol. The molecule has 0 aliphatic carbocycles. The lowest BCUT2D eigenvalue weighted by molar-refractivity contribution is -0.136. The predicted molar refractivity (Wildman–Crippen MR) is 117 cm³/mol. The third-order valence-corrected chi connectivity index (χ3v) is 4.64. The van der Waals surface area contributed by atoms with Crippen LogP contribution in [0.25, 0.3) is 0 Å². The Morgan fingerprint density at radius 3 is 1.66 bits per heavy atom. The fourth-order valence-corrected chi connectivity index (χ4v) is 2.77. The first kappa shape index (κ1) is 30.0. The summed E-state index contributed by atoms with van der Waals surface area (Å²) in [5.74, 6) is -3.49. The monoisotopic (exact) mass is 506 g/mol. The van der Waals surface area contributed by atoms with Gasteiger partial charge in [-0.25, -0.2) is 4.79 Å². The molecule has 0 aromatic rings. The Balaban J connectivity index is 3.00. The van der Waals surface area contributed by atoms with E-state index in [-0.39, 0.29) is 26.4 Å². The van der Waals surface area contributed by atoms with Gasteiger partial charge in [0.1, 0.15) is 24.7 Å². The molecule has 1 saturated heterocycles. The average molecular weight is 507 g/mol. The van der Waals surface area contributed by atoms with Crippen LogP contribution in [0, 0.1) is 0 Å². The molecule has 0 bridgehead atoms. The normalized spacial score (nSPS) is 27.4. The SMILES string of the molecule is CC(O)[C@@H]1NC(=O)COCCOCCNC(=O)[C@H](C(C)O)NC(=O)N[C@@H](C(C)O)C(=O)NNC1=O. The number of ether oxygens (including phenoxy) is 2. The molecule has 200 valence electrons. The molecule has 16 heteroatoms. The quantitative estimate of drug-likeness (QED) is 0.177. The molecule has 0 saturated carbocycles. The molecule has 0 aromatic carbocycles. The number of carbonyl (C=O) groups excluding carboxylic acids is 5. The Labute approximate surface area is 201 Å². The van der Waals surface area contributed by atoms with Crippen LogP contribution in [-0.4, -0.2) is 114 Å². The van der Waals surface area contributed by atoms with Gasteiger partial charge in [0.25, 0.3) is 11.8 Å². The third kappa shape index (κ3) is 10.8. The summed E-state index contributed by atoms with van der Waals surface area (Å²) in [5, 5.41) is 38.7. The number of carbonyl (C=O) groups is 5. The van der Waals surface area contributed by atoms with Crippen molar-refractivity contribution in [3.8, 4) is 0 Å². The minimum atomic E-state index is -1.59. The zero-order chi connectivity index (χ0) is 26.5. The van der Waals surface area contributed by atoms with Crippen LogP contribution in [0.3, 0.4) is 0 Å². The Bertz CT molecular complexity index is 748. The topological polar surface area (TPSA) is 237 Å². The van der Waals surface area contributed by atoms with E-state index in [4.69, 9.17) is 9.47 Å². The van der Waals surface area contributed by atoms with Crippen LogP contribution < -0.4 is 32.1 Å². The van der Waals surface area contributed by atoms with Gasteiger partial charge in [-0.1, -0.05) is 0 Å². The summed E-state index contributed by atoms with van der Waals surface area (Å²) in [6.45, 7) is 3.44. The van der Waals surface area contributed by atoms with Crippen molar-refractivity contribution in [1.82, 2.24) is 32.1 Å². The lowest BCUT2D eigenvalue weighted by Crippen LogP contribution is -2.62. The van der Waals surface area contributed by atoms with Crippen molar-refractivity contribution in [3.63, 3.8) is 0 Å². The van der Waals surface area contributed by atoms with Gasteiger partial charge in [-0.2, -0.15) is 0 Å². The van der Waals surface area contributed by atoms with E-state index >= 15 is 0 Å². The van der Waals surface area contributed by atoms with E-state index in [9.17, 15) is 39.3 Å². The molecular formula is C19H34N6O10. The second kappa shape index (κ2) is 15.0. The van der Waals surface area contributed by atoms with Crippen molar-refractivity contribution < 1.29 is 48.8 Å². The fourth-order valence-electron chi connectivity index (χ4n) is 2.77. The highest BCUT2D eigenvalue weighted by atomic mass is 16.5. The van der Waals surface area contributed by atoms with Gasteiger partial charge in [-0.05, 0) is 20.8 Å². The van der Waals surface area contributed by atoms with E-state index in [0.717, 1.165) is 0 Å². The smallest absolute Gasteiger partial charge is 0.316 e. The molecule has 0 radical (unpaired) electrons. The van der Waals surface area contributed by atoms with Crippen LogP contribution in [0.1, 0.15) is 20.8 Å². The summed E-state index contributed by atoms with van der Waals surface area (Å²) >= 11 is 0. The van der Waals surface area contributed by atoms with Crippen molar-refractivity contribution >= 4 is 29.7 Å². The highest BCUT2D eigenvalue weighted by molar-refractivity contribution is 5.93. The van der Waals surface area contributed by atoms with Gasteiger partial charge < -0.3 is 46.1 Å². The number of aliphatic hydroxyl groups is 3. The molecule has 6 atom stereocenters. The standard InChI is InChI=1S/C19H34N6O10/c1-9(26)13-16(30)20-4-5-34-6-7-35-8-12(29)21-14(10(2)27)17(31)24-25-18(32)15(11(3)28)23-19(33)22-13/h9-11,13-15,26-28H,4-8H2,1-3H3,(H,20,30)(H,21,29)(H,24,31)(H,25,32)(H2,22,23,33)/t9?,10?,11?,13-,14-,15-/m0/s1. The molecule has 0 spiro atoms. The largest absolute Gasteiger partial charge is 0.391 e. The van der Waals surface area contributed by atoms with Gasteiger partial charge in [0.15, 0.2) is 0 Å². The summed E-state index contributed by atoms with van der Waals surface area (Å²) < 4.78 is 10.4. The first-order chi connectivity index (χ1) is 16.4. The molecule has 1 aliphatic rings. The van der Waals surface area contributed by atoms with E-state index in [1.54, 1.807) is 0 Å². The number of aliphatic hydroxyl groups excluding tert-OH is 3. The van der Waals surface area contributed by atoms with E-state index in [1.807, 2.05) is 10.9 Å². The zero-order valence-electron chi connectivity index (χ0n) is 19.7. The van der Waals surface area contributed by atoms with E-state index in [1.165, 1.54) is 20.8 Å². The summed E-state index contributed by atoms with van der Waals surface area (Å²) in [4.78, 5) is 61.5. The van der Waals surface area contributed by atoms with Crippen molar-refractivity contribution in [3.05, 3.63) is 0 Å². The molecule has 16 nitrogen and oxygen atoms in total. The minimum Gasteiger partial charge on any atom is -0.391 e. The van der Waals surface area contributed by atoms with Crippen molar-refractivity contribution in [2.45, 2.75) is 57.2 Å². The summed E-state index contributed by atoms with van der Waals surface area (Å²) in [6, 6.07) is -5.51. The highest BCUT2D eigenvalue weighted by Gasteiger charge is 2.31. The van der Waals surface area contributed by atoms with Crippen LogP contribution in [0.15, 0.2) is 0 Å². The Hall–Kier alpha value is -3.05. The second-order valence-corrected chi connectivity index (χ2v) is 7.77. The van der Waals surface area contributed by atoms with Crippen molar-refractivity contribution in [2.75, 3.05) is 33.0 Å². The maximum Gasteiger partial charge on any atom is 0.316 e. The first-order valence-corrected chi connectivity index (χ1v) is 10.9. The maximum atomic E-state index is 12.4. The molecule has 6 amide bonds. The number of hydrogen-bond acceptors (Lipinski definition) is 10. The molecule has 1 aliphatic heterocycles. The van der Waals surface area contributed by atoms with Crippen molar-refractivity contribution in [1.29, 1.82) is 0 Å². The van der Waals surface area contributed by atoms with Crippen LogP contribution in [-0.2, 0) is 28.7 Å². The van der Waals surface area contributed by atoms with E-state index < -0.39 is 72.7 Å². The van der Waals surface area contributed by atoms with Crippen LogP contribution in [0.2, 0.25) is 0 Å². The number of urea groups is 1. The van der Waals surface area contributed by atoms with Crippen molar-refractivity contribution in [2.24, 2.45) is 0 Å². The predicted octanol–water partition coefficient (Wildman–Crippen LogP) is -5.04. The average Bonchev–Trinajstić information content (AvgIpc) is 2.77. The van der Waals surface area contributed by atoms with E-state index in [0.29, 0.717) is 0 Å². The molecule has 9 N–H and O–H groups in total. The maximum absolute atomic E-state index is 12.4. The highest BCUT2D eigenvalue weighted by Crippen LogP contribution is 1.98. The van der Waals surface area contributed by atoms with Gasteiger partial charge in [0.05, 0.1) is 38.1 Å². The molecule has 1 fully saturated rings. The Morgan fingerprint density at radius 2 is 1.14 bits per heavy atom. The summed E-state index contributed by atoms with van der Waals surface area (Å²) in [5.41, 5.74) is 3.97. The second-order valence-electron chi connectivity index (χ2n) is 7.77. The fraction of sp³-hybridized carbons (Fsp3) is 0.737. The first-order valence-electron chi connectivity index (χ1n) is 10.9. The molecule has 3 unspecified atom stereocenters. The number of hydrazine groups is 1. The van der Waals surface area contributed by atoms with Gasteiger partial charge in [0.2, 0.25) is 11.8 Å². The number of hydrogen-bond donors (Lipinski definition) is 9. The van der Waals surface area contributed by atoms with Gasteiger partial charge in [-0.15, -0.1) is 0 Å². The Morgan fingerprint density at radius 1 is 0.686 bits per heavy atom. The van der Waals surface area contributed by atoms with Crippen LogP contribution in [0.4, 0.5) is 4.79 Å². The number of nitrogens with one attached hydrogen (secondary N) is 6. The van der Waals surface area contributed by atoms with Gasteiger partial charge in [0, 0.05) is 6.54 Å². The molecule has 35 heavy (non-hydrogen) atoms. The van der Waals surface area contributed by atoms with Gasteiger partial charge in [-0.3, -0.25) is 30.0 Å². The molecule has 1 heterocycles. The number of amides is 6. The van der Waals surface area contributed by atoms with Gasteiger partial charge >= 0.3 is 6.03 Å². The molecule has 1 rings (SSSR count). The summed E-state index contributed by atoms with van der Waals surface area (Å²) in [6.07, 6.45) is -4.10. The minimum absolute atomic E-state index is 0.0156. The van der Waals surface area contributed by atoms with Crippen LogP contribution in [0.5, 0.6) is 0 Å².